The molecule has 0 aromatic heterocycles. The number of halogens is 1. The van der Waals surface area contributed by atoms with E-state index < -0.39 is 28.5 Å². The summed E-state index contributed by atoms with van der Waals surface area (Å²) in [5.74, 6) is -0.819. The topological polar surface area (TPSA) is 86.8 Å². The molecule has 0 aliphatic rings. The number of nitrogens with zero attached hydrogens (tertiary/aromatic N) is 2. The van der Waals surface area contributed by atoms with Crippen LogP contribution in [0.1, 0.15) is 42.5 Å². The van der Waals surface area contributed by atoms with E-state index in [0.717, 1.165) is 26.6 Å². The molecule has 0 unspecified atom stereocenters. The summed E-state index contributed by atoms with van der Waals surface area (Å²) in [7, 11) is -4.15. The SMILES string of the molecule is CC[C@@H](C)NC(=O)[C@H](Cc1ccccc1)N(Cc1ccc(Cl)cc1)C(=O)CN(c1ccc(C)cc1)S(=O)(=O)c1ccc(C)cc1. The molecule has 0 spiro atoms. The predicted molar refractivity (Wildman–Crippen MR) is 181 cm³/mol. The van der Waals surface area contributed by atoms with Crippen molar-refractivity contribution in [2.24, 2.45) is 0 Å². The third-order valence-corrected chi connectivity index (χ3v) is 9.79. The lowest BCUT2D eigenvalue weighted by Crippen LogP contribution is -2.54. The molecule has 4 aromatic rings. The highest BCUT2D eigenvalue weighted by Gasteiger charge is 2.35. The van der Waals surface area contributed by atoms with Gasteiger partial charge in [0.05, 0.1) is 10.6 Å². The van der Waals surface area contributed by atoms with E-state index in [9.17, 15) is 18.0 Å². The van der Waals surface area contributed by atoms with E-state index in [2.05, 4.69) is 5.32 Å². The largest absolute Gasteiger partial charge is 0.352 e. The molecule has 0 aliphatic heterocycles. The summed E-state index contributed by atoms with van der Waals surface area (Å²) >= 11 is 6.15. The van der Waals surface area contributed by atoms with E-state index in [1.165, 1.54) is 4.90 Å². The van der Waals surface area contributed by atoms with E-state index in [-0.39, 0.29) is 29.8 Å². The highest BCUT2D eigenvalue weighted by Crippen LogP contribution is 2.26. The van der Waals surface area contributed by atoms with Crippen molar-refractivity contribution in [2.75, 3.05) is 10.8 Å². The Hall–Kier alpha value is -4.14. The number of aryl methyl sites for hydroxylation is 2. The fourth-order valence-corrected chi connectivity index (χ4v) is 6.40. The summed E-state index contributed by atoms with van der Waals surface area (Å²) in [5, 5.41) is 3.59. The van der Waals surface area contributed by atoms with Crippen LogP contribution in [0.25, 0.3) is 0 Å². The van der Waals surface area contributed by atoms with Gasteiger partial charge in [-0.3, -0.25) is 13.9 Å². The van der Waals surface area contributed by atoms with Gasteiger partial charge in [0.1, 0.15) is 12.6 Å². The summed E-state index contributed by atoms with van der Waals surface area (Å²) in [4.78, 5) is 30.0. The first-order valence-electron chi connectivity index (χ1n) is 15.0. The molecule has 4 aromatic carbocycles. The highest BCUT2D eigenvalue weighted by atomic mass is 35.5. The summed E-state index contributed by atoms with van der Waals surface area (Å²) in [6.07, 6.45) is 0.961. The number of carbonyl (C=O) groups excluding carboxylic acids is 2. The van der Waals surface area contributed by atoms with Gasteiger partial charge >= 0.3 is 0 Å². The molecule has 1 N–H and O–H groups in total. The number of hydrogen-bond donors (Lipinski definition) is 1. The van der Waals surface area contributed by atoms with Gasteiger partial charge in [0.25, 0.3) is 10.0 Å². The molecule has 2 atom stereocenters. The van der Waals surface area contributed by atoms with E-state index in [4.69, 9.17) is 11.6 Å². The molecule has 2 amide bonds. The average molecular weight is 646 g/mol. The van der Waals surface area contributed by atoms with E-state index >= 15 is 0 Å². The van der Waals surface area contributed by atoms with Gasteiger partial charge in [-0.05, 0) is 74.7 Å². The van der Waals surface area contributed by atoms with Crippen molar-refractivity contribution < 1.29 is 18.0 Å². The zero-order valence-electron chi connectivity index (χ0n) is 26.1. The Kier molecular flexibility index (Phi) is 11.4. The molecule has 0 heterocycles. The van der Waals surface area contributed by atoms with Crippen LogP contribution in [0.15, 0.2) is 108 Å². The number of rotatable bonds is 13. The molecule has 4 rings (SSSR count). The third-order valence-electron chi connectivity index (χ3n) is 7.75. The first-order valence-corrected chi connectivity index (χ1v) is 16.8. The van der Waals surface area contributed by atoms with Crippen LogP contribution in [-0.2, 0) is 32.6 Å². The summed E-state index contributed by atoms with van der Waals surface area (Å²) < 4.78 is 29.4. The minimum absolute atomic E-state index is 0.0704. The van der Waals surface area contributed by atoms with Crippen molar-refractivity contribution in [1.82, 2.24) is 10.2 Å². The quantitative estimate of drug-likeness (QED) is 0.175. The van der Waals surface area contributed by atoms with Crippen molar-refractivity contribution in [3.63, 3.8) is 0 Å². The number of carbonyl (C=O) groups is 2. The van der Waals surface area contributed by atoms with Gasteiger partial charge in [-0.2, -0.15) is 0 Å². The summed E-state index contributed by atoms with van der Waals surface area (Å²) in [6, 6.07) is 29.0. The van der Waals surface area contributed by atoms with Crippen molar-refractivity contribution in [2.45, 2.75) is 64.1 Å². The van der Waals surface area contributed by atoms with Crippen LogP contribution in [0, 0.1) is 13.8 Å². The molecule has 9 heteroatoms. The Morgan fingerprint density at radius 2 is 1.38 bits per heavy atom. The summed E-state index contributed by atoms with van der Waals surface area (Å²) in [6.45, 7) is 7.25. The van der Waals surface area contributed by atoms with E-state index in [1.807, 2.05) is 58.0 Å². The molecule has 0 bridgehead atoms. The molecule has 0 fully saturated rings. The lowest BCUT2D eigenvalue weighted by atomic mass is 10.0. The van der Waals surface area contributed by atoms with Crippen molar-refractivity contribution in [1.29, 1.82) is 0 Å². The zero-order chi connectivity index (χ0) is 32.6. The van der Waals surface area contributed by atoms with Crippen LogP contribution in [0.3, 0.4) is 0 Å². The molecule has 0 saturated carbocycles. The van der Waals surface area contributed by atoms with Crippen LogP contribution < -0.4 is 9.62 Å². The number of amides is 2. The lowest BCUT2D eigenvalue weighted by molar-refractivity contribution is -0.140. The van der Waals surface area contributed by atoms with Gasteiger partial charge in [-0.15, -0.1) is 0 Å². The molecular formula is C36H40ClN3O4S. The Bertz CT molecular complexity index is 1680. The molecule has 45 heavy (non-hydrogen) atoms. The first kappa shape index (κ1) is 33.7. The standard InChI is InChI=1S/C36H40ClN3O4S/c1-5-28(4)38-36(42)34(23-29-9-7-6-8-10-29)39(24-30-15-17-31(37)18-16-30)35(41)25-40(32-19-11-26(2)12-20-32)45(43,44)33-21-13-27(3)14-22-33/h6-22,28,34H,5,23-25H2,1-4H3,(H,38,42)/t28-,34+/m1/s1. The van der Waals surface area contributed by atoms with E-state index in [0.29, 0.717) is 17.1 Å². The van der Waals surface area contributed by atoms with Crippen LogP contribution in [-0.4, -0.2) is 43.8 Å². The van der Waals surface area contributed by atoms with Crippen LogP contribution in [0.2, 0.25) is 5.02 Å². The highest BCUT2D eigenvalue weighted by molar-refractivity contribution is 7.92. The fourth-order valence-electron chi connectivity index (χ4n) is 4.86. The van der Waals surface area contributed by atoms with Gasteiger partial charge in [0.15, 0.2) is 0 Å². The number of nitrogens with one attached hydrogen (secondary N) is 1. The maximum atomic E-state index is 14.5. The zero-order valence-corrected chi connectivity index (χ0v) is 27.7. The van der Waals surface area contributed by atoms with Crippen LogP contribution >= 0.6 is 11.6 Å². The Morgan fingerprint density at radius 1 is 0.800 bits per heavy atom. The van der Waals surface area contributed by atoms with Crippen molar-refractivity contribution in [3.8, 4) is 0 Å². The van der Waals surface area contributed by atoms with Crippen molar-refractivity contribution in [3.05, 3.63) is 130 Å². The molecule has 0 radical (unpaired) electrons. The normalized spacial score (nSPS) is 12.6. The fraction of sp³-hybridized carbons (Fsp3) is 0.278. The molecule has 0 saturated heterocycles. The number of hydrogen-bond acceptors (Lipinski definition) is 4. The molecule has 236 valence electrons. The second-order valence-electron chi connectivity index (χ2n) is 11.3. The monoisotopic (exact) mass is 645 g/mol. The maximum absolute atomic E-state index is 14.5. The van der Waals surface area contributed by atoms with Gasteiger partial charge in [-0.1, -0.05) is 96.4 Å². The Balaban J connectivity index is 1.80. The van der Waals surface area contributed by atoms with Gasteiger partial charge in [0.2, 0.25) is 11.8 Å². The van der Waals surface area contributed by atoms with Gasteiger partial charge in [-0.25, -0.2) is 8.42 Å². The van der Waals surface area contributed by atoms with Gasteiger partial charge < -0.3 is 10.2 Å². The van der Waals surface area contributed by atoms with Crippen LogP contribution in [0.4, 0.5) is 5.69 Å². The first-order chi connectivity index (χ1) is 21.5. The molecular weight excluding hydrogens is 606 g/mol. The Morgan fingerprint density at radius 3 is 1.96 bits per heavy atom. The number of benzene rings is 4. The second kappa shape index (κ2) is 15.2. The van der Waals surface area contributed by atoms with E-state index in [1.54, 1.807) is 72.8 Å². The van der Waals surface area contributed by atoms with Gasteiger partial charge in [0, 0.05) is 24.0 Å². The predicted octanol–water partition coefficient (Wildman–Crippen LogP) is 6.71. The molecule has 0 aliphatic carbocycles. The smallest absolute Gasteiger partial charge is 0.264 e. The number of anilines is 1. The molecule has 7 nitrogen and oxygen atoms in total. The van der Waals surface area contributed by atoms with Crippen molar-refractivity contribution >= 4 is 39.1 Å². The minimum Gasteiger partial charge on any atom is -0.352 e. The second-order valence-corrected chi connectivity index (χ2v) is 13.6. The number of sulfonamides is 1. The average Bonchev–Trinajstić information content (AvgIpc) is 3.03. The maximum Gasteiger partial charge on any atom is 0.264 e. The van der Waals surface area contributed by atoms with Crippen LogP contribution in [0.5, 0.6) is 0 Å². The minimum atomic E-state index is -4.15. The third kappa shape index (κ3) is 8.96. The lowest BCUT2D eigenvalue weighted by Gasteiger charge is -2.34. The summed E-state index contributed by atoms with van der Waals surface area (Å²) in [5.41, 5.74) is 3.84. The Labute approximate surface area is 271 Å².